The summed E-state index contributed by atoms with van der Waals surface area (Å²) < 4.78 is 16.4. The molecule has 0 atom stereocenters. The number of carbonyl (C=O) groups excluding carboxylic acids is 1. The molecule has 219 valence electrons. The minimum absolute atomic E-state index is 0.000795. The van der Waals surface area contributed by atoms with Gasteiger partial charge in [0, 0.05) is 17.1 Å². The normalized spacial score (nSPS) is 17.1. The Labute approximate surface area is 245 Å². The summed E-state index contributed by atoms with van der Waals surface area (Å²) in [5.41, 5.74) is -1.10. The molecule has 41 heavy (non-hydrogen) atoms. The number of hydrogen-bond acceptors (Lipinski definition) is 5. The zero-order chi connectivity index (χ0) is 29.8. The van der Waals surface area contributed by atoms with E-state index < -0.39 is 18.3 Å². The first-order valence-corrected chi connectivity index (χ1v) is 16.0. The van der Waals surface area contributed by atoms with Gasteiger partial charge in [-0.3, -0.25) is 4.79 Å². The van der Waals surface area contributed by atoms with Crippen LogP contribution in [0.25, 0.3) is 0 Å². The zero-order valence-corrected chi connectivity index (χ0v) is 26.2. The summed E-state index contributed by atoms with van der Waals surface area (Å²) in [5.74, 6) is 2.35. The summed E-state index contributed by atoms with van der Waals surface area (Å²) in [6, 6.07) is 24.6. The van der Waals surface area contributed by atoms with Gasteiger partial charge in [0.25, 0.3) is 0 Å². The van der Waals surface area contributed by atoms with Crippen LogP contribution >= 0.6 is 7.26 Å². The predicted octanol–water partition coefficient (Wildman–Crippen LogP) is 4.88. The van der Waals surface area contributed by atoms with E-state index >= 15 is 0 Å². The van der Waals surface area contributed by atoms with Crippen LogP contribution in [-0.4, -0.2) is 55.6 Å². The molecule has 0 unspecified atom stereocenters. The molecule has 1 amide bonds. The summed E-state index contributed by atoms with van der Waals surface area (Å²) in [7, 11) is 2.69. The number of benzene rings is 3. The van der Waals surface area contributed by atoms with Gasteiger partial charge in [-0.1, -0.05) is 0 Å². The van der Waals surface area contributed by atoms with Crippen LogP contribution in [-0.2, 0) is 10.0 Å². The van der Waals surface area contributed by atoms with E-state index in [2.05, 4.69) is 41.7 Å². The number of rotatable bonds is 10. The maximum absolute atomic E-state index is 13.6. The Kier molecular flexibility index (Phi) is 9.32. The highest BCUT2D eigenvalue weighted by atomic mass is 31.2. The lowest BCUT2D eigenvalue weighted by Crippen LogP contribution is -2.62. The molecule has 3 aromatic carbocycles. The Bertz CT molecular complexity index is 1170. The van der Waals surface area contributed by atoms with Gasteiger partial charge in [0.05, 0.1) is 33.9 Å². The van der Waals surface area contributed by atoms with Crippen LogP contribution in [0, 0.1) is 0 Å². The van der Waals surface area contributed by atoms with Gasteiger partial charge in [-0.25, -0.2) is 0 Å². The number of hydroxylamine groups is 2. The molecule has 8 heteroatoms. The summed E-state index contributed by atoms with van der Waals surface area (Å²) in [6.45, 7) is 7.81. The highest BCUT2D eigenvalue weighted by Crippen LogP contribution is 2.56. The number of ether oxygens (including phenoxy) is 3. The van der Waals surface area contributed by atoms with E-state index in [0.29, 0.717) is 25.4 Å². The molecule has 3 aromatic rings. The molecular formula is C33H43N2O5P+. The summed E-state index contributed by atoms with van der Waals surface area (Å²) >= 11 is 0. The number of carbonyl (C=O) groups is 1. The minimum Gasteiger partial charge on any atom is -0.497 e. The van der Waals surface area contributed by atoms with E-state index in [4.69, 9.17) is 14.2 Å². The first-order valence-electron chi connectivity index (χ1n) is 14.0. The molecule has 1 radical (unpaired) electrons. The fourth-order valence-corrected chi connectivity index (χ4v) is 10.5. The molecule has 4 rings (SSSR count). The highest BCUT2D eigenvalue weighted by molar-refractivity contribution is 7.95. The maximum atomic E-state index is 13.6. The Morgan fingerprint density at radius 2 is 1.07 bits per heavy atom. The number of piperidine rings is 1. The third kappa shape index (κ3) is 6.53. The van der Waals surface area contributed by atoms with Gasteiger partial charge in [0.1, 0.15) is 40.4 Å². The van der Waals surface area contributed by atoms with Crippen molar-refractivity contribution in [3.63, 3.8) is 0 Å². The van der Waals surface area contributed by atoms with Gasteiger partial charge >= 0.3 is 0 Å². The number of nitrogens with one attached hydrogen (secondary N) is 1. The van der Waals surface area contributed by atoms with E-state index in [1.807, 2.05) is 64.1 Å². The van der Waals surface area contributed by atoms with Crippen LogP contribution in [0.1, 0.15) is 47.0 Å². The van der Waals surface area contributed by atoms with Crippen molar-refractivity contribution in [2.45, 2.75) is 64.1 Å². The average molecular weight is 579 g/mol. The SMILES string of the molecule is COc1ccc([P+](CCC(=O)NC2CC(C)(C)N([O])C(C)(C)C2)(c2ccc(OC)cc2)c2ccc(OC)cc2)cc1. The molecule has 1 N–H and O–H groups in total. The van der Waals surface area contributed by atoms with Crippen molar-refractivity contribution in [3.8, 4) is 17.2 Å². The highest BCUT2D eigenvalue weighted by Gasteiger charge is 2.48. The smallest absolute Gasteiger partial charge is 0.223 e. The second-order valence-corrected chi connectivity index (χ2v) is 15.6. The molecular weight excluding hydrogens is 535 g/mol. The van der Waals surface area contributed by atoms with Crippen LogP contribution < -0.4 is 35.4 Å². The standard InChI is InChI=1S/C33H42N2O5P/c1-32(2)22-24(23-33(3,4)35(32)37)34-31(36)20-21-41(28-14-8-25(38-5)9-15-28,29-16-10-26(39-6)11-17-29)30-18-12-27(40-7)13-19-30/h8-19,24H,20-23H2,1-7H3/p+1. The van der Waals surface area contributed by atoms with E-state index in [-0.39, 0.29) is 11.9 Å². The second kappa shape index (κ2) is 12.4. The predicted molar refractivity (Wildman–Crippen MR) is 166 cm³/mol. The third-order valence-corrected chi connectivity index (χ3v) is 12.6. The lowest BCUT2D eigenvalue weighted by molar-refractivity contribution is -0.290. The molecule has 1 fully saturated rings. The zero-order valence-electron chi connectivity index (χ0n) is 25.3. The molecule has 7 nitrogen and oxygen atoms in total. The Balaban J connectivity index is 1.72. The molecule has 1 saturated heterocycles. The largest absolute Gasteiger partial charge is 0.497 e. The lowest BCUT2D eigenvalue weighted by atomic mass is 9.79. The van der Waals surface area contributed by atoms with Crippen molar-refractivity contribution in [2.75, 3.05) is 27.5 Å². The monoisotopic (exact) mass is 578 g/mol. The van der Waals surface area contributed by atoms with Crippen molar-refractivity contribution in [3.05, 3.63) is 72.8 Å². The van der Waals surface area contributed by atoms with E-state index in [0.717, 1.165) is 33.2 Å². The molecule has 1 heterocycles. The van der Waals surface area contributed by atoms with Crippen LogP contribution in [0.4, 0.5) is 0 Å². The van der Waals surface area contributed by atoms with Crippen LogP contribution in [0.3, 0.4) is 0 Å². The molecule has 1 aliphatic rings. The second-order valence-electron chi connectivity index (χ2n) is 12.0. The van der Waals surface area contributed by atoms with Gasteiger partial charge in [-0.15, -0.1) is 10.3 Å². The molecule has 0 bridgehead atoms. The van der Waals surface area contributed by atoms with Crippen molar-refractivity contribution in [1.82, 2.24) is 10.4 Å². The first kappa shape index (κ1) is 30.8. The molecule has 0 saturated carbocycles. The summed E-state index contributed by atoms with van der Waals surface area (Å²) in [5, 5.41) is 20.8. The van der Waals surface area contributed by atoms with Crippen molar-refractivity contribution in [1.29, 1.82) is 0 Å². The van der Waals surface area contributed by atoms with Crippen molar-refractivity contribution in [2.24, 2.45) is 0 Å². The average Bonchev–Trinajstić information content (AvgIpc) is 2.96. The molecule has 0 aromatic heterocycles. The number of amides is 1. The molecule has 1 aliphatic heterocycles. The fourth-order valence-electron chi connectivity index (χ4n) is 6.28. The first-order chi connectivity index (χ1) is 19.4. The van der Waals surface area contributed by atoms with Crippen molar-refractivity contribution >= 4 is 29.1 Å². The Morgan fingerprint density at radius 3 is 1.39 bits per heavy atom. The molecule has 0 aliphatic carbocycles. The fraction of sp³-hybridized carbons (Fsp3) is 0.424. The summed E-state index contributed by atoms with van der Waals surface area (Å²) in [6.07, 6.45) is 2.20. The van der Waals surface area contributed by atoms with Crippen LogP contribution in [0.5, 0.6) is 17.2 Å². The van der Waals surface area contributed by atoms with Gasteiger partial charge in [-0.05, 0) is 113 Å². The van der Waals surface area contributed by atoms with E-state index in [1.165, 1.54) is 5.06 Å². The Hall–Kier alpha value is -3.12. The van der Waals surface area contributed by atoms with Crippen LogP contribution in [0.15, 0.2) is 72.8 Å². The van der Waals surface area contributed by atoms with Gasteiger partial charge in [0.15, 0.2) is 0 Å². The van der Waals surface area contributed by atoms with E-state index in [1.54, 1.807) is 21.3 Å². The van der Waals surface area contributed by atoms with Crippen LogP contribution in [0.2, 0.25) is 0 Å². The quantitative estimate of drug-likeness (QED) is 0.347. The number of methoxy groups -OCH3 is 3. The van der Waals surface area contributed by atoms with Gasteiger partial charge in [0.2, 0.25) is 5.91 Å². The Morgan fingerprint density at radius 1 is 0.732 bits per heavy atom. The third-order valence-electron chi connectivity index (χ3n) is 8.17. The van der Waals surface area contributed by atoms with Gasteiger partial charge in [-0.2, -0.15) is 0 Å². The minimum atomic E-state index is -2.30. The number of nitrogens with zero attached hydrogens (tertiary/aromatic N) is 1. The molecule has 0 spiro atoms. The summed E-state index contributed by atoms with van der Waals surface area (Å²) in [4.78, 5) is 13.6. The number of hydrogen-bond donors (Lipinski definition) is 1. The van der Waals surface area contributed by atoms with Crippen molar-refractivity contribution < 1.29 is 24.2 Å². The lowest BCUT2D eigenvalue weighted by Gasteiger charge is -2.50. The van der Waals surface area contributed by atoms with Gasteiger partial charge < -0.3 is 19.5 Å². The van der Waals surface area contributed by atoms with E-state index in [9.17, 15) is 10.0 Å². The topological polar surface area (TPSA) is 79.9 Å². The maximum Gasteiger partial charge on any atom is 0.223 e.